The van der Waals surface area contributed by atoms with Crippen molar-refractivity contribution >= 4 is 28.7 Å². The number of aromatic nitrogens is 3. The molecular formula is C20H24N4O2S. The van der Waals surface area contributed by atoms with Crippen molar-refractivity contribution in [3.63, 3.8) is 0 Å². The summed E-state index contributed by atoms with van der Waals surface area (Å²) >= 11 is 1.29. The maximum Gasteiger partial charge on any atom is 0.278 e. The van der Waals surface area contributed by atoms with Crippen molar-refractivity contribution < 1.29 is 4.79 Å². The highest BCUT2D eigenvalue weighted by atomic mass is 32.2. The summed E-state index contributed by atoms with van der Waals surface area (Å²) in [6, 6.07) is 9.84. The molecule has 0 fully saturated rings. The van der Waals surface area contributed by atoms with Crippen molar-refractivity contribution in [3.8, 4) is 0 Å². The summed E-state index contributed by atoms with van der Waals surface area (Å²) < 4.78 is 1.64. The number of carbonyl (C=O) groups is 1. The number of amides is 1. The minimum absolute atomic E-state index is 0.0455. The molecule has 0 radical (unpaired) electrons. The summed E-state index contributed by atoms with van der Waals surface area (Å²) in [5.41, 5.74) is 4.16. The minimum atomic E-state index is -0.106. The molecule has 0 aliphatic rings. The van der Waals surface area contributed by atoms with E-state index in [0.29, 0.717) is 22.7 Å². The highest BCUT2D eigenvalue weighted by Gasteiger charge is 2.16. The highest BCUT2D eigenvalue weighted by molar-refractivity contribution is 7.99. The Bertz CT molecular complexity index is 1040. The van der Waals surface area contributed by atoms with Crippen LogP contribution in [0.5, 0.6) is 0 Å². The molecular weight excluding hydrogens is 360 g/mol. The van der Waals surface area contributed by atoms with E-state index in [1.54, 1.807) is 4.57 Å². The van der Waals surface area contributed by atoms with Crippen LogP contribution in [0.25, 0.3) is 11.0 Å². The zero-order chi connectivity index (χ0) is 19.6. The van der Waals surface area contributed by atoms with Crippen LogP contribution in [0.15, 0.2) is 40.3 Å². The summed E-state index contributed by atoms with van der Waals surface area (Å²) in [7, 11) is 0. The predicted octanol–water partition coefficient (Wildman–Crippen LogP) is 3.33. The van der Waals surface area contributed by atoms with Crippen molar-refractivity contribution in [2.24, 2.45) is 0 Å². The van der Waals surface area contributed by atoms with Gasteiger partial charge in [0.05, 0.1) is 11.3 Å². The molecule has 0 saturated heterocycles. The Balaban J connectivity index is 1.73. The normalized spacial score (nSPS) is 11.3. The van der Waals surface area contributed by atoms with E-state index < -0.39 is 0 Å². The van der Waals surface area contributed by atoms with Gasteiger partial charge in [-0.15, -0.1) is 0 Å². The number of aromatic amines is 1. The van der Waals surface area contributed by atoms with E-state index in [2.05, 4.69) is 15.3 Å². The van der Waals surface area contributed by atoms with Crippen LogP contribution in [0, 0.1) is 13.8 Å². The Kier molecular flexibility index (Phi) is 5.70. The summed E-state index contributed by atoms with van der Waals surface area (Å²) in [4.78, 5) is 32.7. The molecule has 0 spiro atoms. The second-order valence-corrected chi connectivity index (χ2v) is 7.87. The molecule has 0 atom stereocenters. The Morgan fingerprint density at radius 1 is 1.30 bits per heavy atom. The summed E-state index contributed by atoms with van der Waals surface area (Å²) in [6.45, 7) is 8.28. The molecule has 6 nitrogen and oxygen atoms in total. The molecule has 2 heterocycles. The fourth-order valence-corrected chi connectivity index (χ4v) is 3.91. The van der Waals surface area contributed by atoms with Crippen LogP contribution in [-0.2, 0) is 11.3 Å². The van der Waals surface area contributed by atoms with E-state index in [4.69, 9.17) is 0 Å². The first-order valence-corrected chi connectivity index (χ1v) is 9.90. The second kappa shape index (κ2) is 8.00. The van der Waals surface area contributed by atoms with Gasteiger partial charge in [0.2, 0.25) is 5.91 Å². The number of nitrogens with zero attached hydrogens (tertiary/aromatic N) is 2. The molecule has 0 aliphatic heterocycles. The molecule has 3 rings (SSSR count). The maximum atomic E-state index is 12.8. The monoisotopic (exact) mass is 384 g/mol. The average Bonchev–Trinajstić information content (AvgIpc) is 2.98. The van der Waals surface area contributed by atoms with E-state index in [1.807, 2.05) is 58.0 Å². The van der Waals surface area contributed by atoms with Crippen molar-refractivity contribution in [1.82, 2.24) is 19.9 Å². The zero-order valence-corrected chi connectivity index (χ0v) is 16.8. The van der Waals surface area contributed by atoms with Gasteiger partial charge < -0.3 is 10.3 Å². The van der Waals surface area contributed by atoms with Crippen LogP contribution < -0.4 is 10.9 Å². The standard InChI is InChI=1S/C20H24N4O2S/c1-12(2)24-19(26)18-16(9-14(4)22-18)23-20(24)27-11-17(25)21-10-15-7-5-6-13(3)8-15/h5-9,12,22H,10-11H2,1-4H3,(H,21,25). The van der Waals surface area contributed by atoms with Crippen LogP contribution in [0.4, 0.5) is 0 Å². The zero-order valence-electron chi connectivity index (χ0n) is 16.0. The third kappa shape index (κ3) is 4.42. The topological polar surface area (TPSA) is 79.8 Å². The van der Waals surface area contributed by atoms with Gasteiger partial charge in [-0.3, -0.25) is 14.2 Å². The van der Waals surface area contributed by atoms with E-state index in [9.17, 15) is 9.59 Å². The van der Waals surface area contributed by atoms with Gasteiger partial charge in [0.1, 0.15) is 5.52 Å². The van der Waals surface area contributed by atoms with Gasteiger partial charge in [0.15, 0.2) is 5.16 Å². The van der Waals surface area contributed by atoms with Gasteiger partial charge in [-0.25, -0.2) is 4.98 Å². The van der Waals surface area contributed by atoms with Gasteiger partial charge in [0.25, 0.3) is 5.56 Å². The SMILES string of the molecule is Cc1cccc(CNC(=O)CSc2nc3cc(C)[nH]c3c(=O)n2C(C)C)c1. The van der Waals surface area contributed by atoms with Crippen LogP contribution >= 0.6 is 11.8 Å². The number of carbonyl (C=O) groups excluding carboxylic acids is 1. The Hall–Kier alpha value is -2.54. The number of thioether (sulfide) groups is 1. The largest absolute Gasteiger partial charge is 0.353 e. The van der Waals surface area contributed by atoms with Crippen molar-refractivity contribution in [1.29, 1.82) is 0 Å². The van der Waals surface area contributed by atoms with Gasteiger partial charge in [-0.2, -0.15) is 0 Å². The fourth-order valence-electron chi connectivity index (χ4n) is 2.95. The smallest absolute Gasteiger partial charge is 0.278 e. The van der Waals surface area contributed by atoms with E-state index in [-0.39, 0.29) is 23.3 Å². The van der Waals surface area contributed by atoms with E-state index in [1.165, 1.54) is 11.8 Å². The van der Waals surface area contributed by atoms with E-state index in [0.717, 1.165) is 16.8 Å². The number of fused-ring (bicyclic) bond motifs is 1. The van der Waals surface area contributed by atoms with Crippen molar-refractivity contribution in [2.45, 2.75) is 45.4 Å². The molecule has 0 unspecified atom stereocenters. The van der Waals surface area contributed by atoms with Crippen LogP contribution in [0.3, 0.4) is 0 Å². The average molecular weight is 385 g/mol. The molecule has 0 aliphatic carbocycles. The molecule has 0 saturated carbocycles. The van der Waals surface area contributed by atoms with Gasteiger partial charge in [0, 0.05) is 18.3 Å². The summed E-state index contributed by atoms with van der Waals surface area (Å²) in [5.74, 6) is 0.122. The lowest BCUT2D eigenvalue weighted by molar-refractivity contribution is -0.118. The molecule has 3 aromatic rings. The molecule has 2 N–H and O–H groups in total. The lowest BCUT2D eigenvalue weighted by Crippen LogP contribution is -2.27. The molecule has 2 aromatic heterocycles. The number of aryl methyl sites for hydroxylation is 2. The number of hydrogen-bond acceptors (Lipinski definition) is 4. The van der Waals surface area contributed by atoms with Crippen LogP contribution in [-0.4, -0.2) is 26.2 Å². The first-order chi connectivity index (χ1) is 12.8. The third-order valence-electron chi connectivity index (χ3n) is 4.21. The lowest BCUT2D eigenvalue weighted by atomic mass is 10.1. The Morgan fingerprint density at radius 3 is 2.78 bits per heavy atom. The number of nitrogens with one attached hydrogen (secondary N) is 2. The third-order valence-corrected chi connectivity index (χ3v) is 5.16. The molecule has 7 heteroatoms. The molecule has 1 aromatic carbocycles. The highest BCUT2D eigenvalue weighted by Crippen LogP contribution is 2.21. The minimum Gasteiger partial charge on any atom is -0.353 e. The molecule has 0 bridgehead atoms. The van der Waals surface area contributed by atoms with Gasteiger partial charge in [-0.05, 0) is 39.3 Å². The summed E-state index contributed by atoms with van der Waals surface area (Å²) in [5, 5.41) is 3.48. The number of benzene rings is 1. The van der Waals surface area contributed by atoms with Crippen LogP contribution in [0.1, 0.15) is 36.7 Å². The predicted molar refractivity (Wildman–Crippen MR) is 109 cm³/mol. The van der Waals surface area contributed by atoms with Crippen LogP contribution in [0.2, 0.25) is 0 Å². The van der Waals surface area contributed by atoms with E-state index >= 15 is 0 Å². The Morgan fingerprint density at radius 2 is 2.07 bits per heavy atom. The fraction of sp³-hybridized carbons (Fsp3) is 0.350. The maximum absolute atomic E-state index is 12.8. The molecule has 27 heavy (non-hydrogen) atoms. The molecule has 142 valence electrons. The van der Waals surface area contributed by atoms with Gasteiger partial charge >= 0.3 is 0 Å². The first-order valence-electron chi connectivity index (χ1n) is 8.92. The van der Waals surface area contributed by atoms with Crippen molar-refractivity contribution in [3.05, 3.63) is 57.5 Å². The second-order valence-electron chi connectivity index (χ2n) is 6.93. The molecule has 1 amide bonds. The lowest BCUT2D eigenvalue weighted by Gasteiger charge is -2.15. The summed E-state index contributed by atoms with van der Waals surface area (Å²) in [6.07, 6.45) is 0. The van der Waals surface area contributed by atoms with Gasteiger partial charge in [-0.1, -0.05) is 41.6 Å². The van der Waals surface area contributed by atoms with Crippen molar-refractivity contribution in [2.75, 3.05) is 5.75 Å². The number of hydrogen-bond donors (Lipinski definition) is 2. The first kappa shape index (κ1) is 19.2. The quantitative estimate of drug-likeness (QED) is 0.505. The number of rotatable bonds is 6. The number of H-pyrrole nitrogens is 1. The Labute approximate surface area is 162 Å².